The summed E-state index contributed by atoms with van der Waals surface area (Å²) in [5.74, 6) is 0.526. The molecule has 0 N–H and O–H groups in total. The fourth-order valence-electron chi connectivity index (χ4n) is 1.93. The molecule has 1 aromatic carbocycles. The standard InChI is InChI=1S/C12H15ClO2S/c1-9-12(6-7-15-9)16(14)8-10-4-2-3-5-11(10)13/h2-5,9,12H,6-8H2,1H3/t9-,12-,16-/m0/s1. The van der Waals surface area contributed by atoms with Crippen molar-refractivity contribution in [2.24, 2.45) is 0 Å². The Morgan fingerprint density at radius 3 is 2.88 bits per heavy atom. The molecule has 88 valence electrons. The van der Waals surface area contributed by atoms with Crippen molar-refractivity contribution in [3.8, 4) is 0 Å². The van der Waals surface area contributed by atoms with Gasteiger partial charge in [-0.2, -0.15) is 0 Å². The Bertz CT molecular complexity index is 394. The summed E-state index contributed by atoms with van der Waals surface area (Å²) < 4.78 is 17.6. The SMILES string of the molecule is C[C@@H]1OCC[C@@H]1[S@@](=O)Cc1ccccc1Cl. The topological polar surface area (TPSA) is 26.3 Å². The zero-order chi connectivity index (χ0) is 11.5. The largest absolute Gasteiger partial charge is 0.377 e. The summed E-state index contributed by atoms with van der Waals surface area (Å²) in [4.78, 5) is 0. The fourth-order valence-corrected chi connectivity index (χ4v) is 3.85. The molecule has 0 bridgehead atoms. The van der Waals surface area contributed by atoms with Gasteiger partial charge in [0.15, 0.2) is 0 Å². The summed E-state index contributed by atoms with van der Waals surface area (Å²) in [6.45, 7) is 2.71. The summed E-state index contributed by atoms with van der Waals surface area (Å²) in [6, 6.07) is 7.58. The molecule has 0 amide bonds. The lowest BCUT2D eigenvalue weighted by atomic mass is 10.2. The number of ether oxygens (including phenoxy) is 1. The average Bonchev–Trinajstić information content (AvgIpc) is 2.68. The zero-order valence-electron chi connectivity index (χ0n) is 9.19. The van der Waals surface area contributed by atoms with Gasteiger partial charge >= 0.3 is 0 Å². The summed E-state index contributed by atoms with van der Waals surface area (Å²) in [6.07, 6.45) is 0.987. The first-order chi connectivity index (χ1) is 7.68. The number of rotatable bonds is 3. The molecule has 1 fully saturated rings. The van der Waals surface area contributed by atoms with Gasteiger partial charge in [-0.15, -0.1) is 0 Å². The normalized spacial score (nSPS) is 26.9. The highest BCUT2D eigenvalue weighted by Gasteiger charge is 2.29. The maximum atomic E-state index is 12.1. The first kappa shape index (κ1) is 12.1. The van der Waals surface area contributed by atoms with Crippen molar-refractivity contribution in [1.82, 2.24) is 0 Å². The van der Waals surface area contributed by atoms with E-state index in [0.717, 1.165) is 18.6 Å². The Morgan fingerprint density at radius 1 is 1.50 bits per heavy atom. The highest BCUT2D eigenvalue weighted by Crippen LogP contribution is 2.23. The van der Waals surface area contributed by atoms with Crippen LogP contribution in [0.4, 0.5) is 0 Å². The van der Waals surface area contributed by atoms with E-state index >= 15 is 0 Å². The van der Waals surface area contributed by atoms with E-state index in [1.54, 1.807) is 0 Å². The maximum absolute atomic E-state index is 12.1. The van der Waals surface area contributed by atoms with Crippen molar-refractivity contribution < 1.29 is 8.95 Å². The predicted octanol–water partition coefficient (Wildman–Crippen LogP) is 2.77. The van der Waals surface area contributed by atoms with Crippen molar-refractivity contribution in [3.63, 3.8) is 0 Å². The van der Waals surface area contributed by atoms with Crippen molar-refractivity contribution in [3.05, 3.63) is 34.9 Å². The second-order valence-corrected chi connectivity index (χ2v) is 6.08. The fraction of sp³-hybridized carbons (Fsp3) is 0.500. The van der Waals surface area contributed by atoms with E-state index in [2.05, 4.69) is 0 Å². The minimum Gasteiger partial charge on any atom is -0.377 e. The van der Waals surface area contributed by atoms with Crippen LogP contribution in [-0.4, -0.2) is 22.2 Å². The van der Waals surface area contributed by atoms with Gasteiger partial charge in [-0.1, -0.05) is 29.8 Å². The smallest absolute Gasteiger partial charge is 0.0691 e. The van der Waals surface area contributed by atoms with E-state index in [1.807, 2.05) is 31.2 Å². The second kappa shape index (κ2) is 5.30. The lowest BCUT2D eigenvalue weighted by Gasteiger charge is -2.14. The van der Waals surface area contributed by atoms with E-state index in [4.69, 9.17) is 16.3 Å². The Hall–Kier alpha value is -0.380. The molecule has 2 rings (SSSR count). The molecule has 0 aliphatic carbocycles. The van der Waals surface area contributed by atoms with Crippen molar-refractivity contribution >= 4 is 22.4 Å². The second-order valence-electron chi connectivity index (χ2n) is 4.02. The van der Waals surface area contributed by atoms with E-state index in [-0.39, 0.29) is 11.4 Å². The molecule has 1 aliphatic heterocycles. The van der Waals surface area contributed by atoms with Gasteiger partial charge in [0.05, 0.1) is 17.1 Å². The Labute approximate surface area is 103 Å². The van der Waals surface area contributed by atoms with Crippen LogP contribution < -0.4 is 0 Å². The Kier molecular flexibility index (Phi) is 4.00. The molecule has 1 aliphatic rings. The average molecular weight is 259 g/mol. The minimum atomic E-state index is -0.896. The van der Waals surface area contributed by atoms with E-state index in [0.29, 0.717) is 10.8 Å². The Balaban J connectivity index is 2.05. The van der Waals surface area contributed by atoms with Crippen LogP contribution in [0.25, 0.3) is 0 Å². The molecule has 2 nitrogen and oxygen atoms in total. The van der Waals surface area contributed by atoms with Crippen LogP contribution in [0.3, 0.4) is 0 Å². The van der Waals surface area contributed by atoms with Gasteiger partial charge in [-0.25, -0.2) is 0 Å². The molecule has 1 aromatic rings. The van der Waals surface area contributed by atoms with Gasteiger partial charge < -0.3 is 4.74 Å². The predicted molar refractivity (Wildman–Crippen MR) is 67.1 cm³/mol. The van der Waals surface area contributed by atoms with Crippen LogP contribution in [0.15, 0.2) is 24.3 Å². The monoisotopic (exact) mass is 258 g/mol. The highest BCUT2D eigenvalue weighted by atomic mass is 35.5. The Morgan fingerprint density at radius 2 is 2.25 bits per heavy atom. The zero-order valence-corrected chi connectivity index (χ0v) is 10.8. The number of benzene rings is 1. The van der Waals surface area contributed by atoms with Gasteiger partial charge in [-0.05, 0) is 25.0 Å². The van der Waals surface area contributed by atoms with Crippen LogP contribution in [0, 0.1) is 0 Å². The molecular formula is C12H15ClO2S. The lowest BCUT2D eigenvalue weighted by Crippen LogP contribution is -2.24. The number of hydrogen-bond acceptors (Lipinski definition) is 2. The van der Waals surface area contributed by atoms with E-state index in [1.165, 1.54) is 0 Å². The molecule has 3 atom stereocenters. The molecular weight excluding hydrogens is 244 g/mol. The molecule has 16 heavy (non-hydrogen) atoms. The van der Waals surface area contributed by atoms with E-state index < -0.39 is 10.8 Å². The summed E-state index contributed by atoms with van der Waals surface area (Å²) in [5.41, 5.74) is 0.960. The first-order valence-corrected chi connectivity index (χ1v) is 7.16. The molecule has 0 saturated carbocycles. The highest BCUT2D eigenvalue weighted by molar-refractivity contribution is 7.84. The third kappa shape index (κ3) is 2.65. The maximum Gasteiger partial charge on any atom is 0.0691 e. The number of hydrogen-bond donors (Lipinski definition) is 0. The molecule has 0 aromatic heterocycles. The van der Waals surface area contributed by atoms with E-state index in [9.17, 15) is 4.21 Å². The quantitative estimate of drug-likeness (QED) is 0.833. The molecule has 0 radical (unpaired) electrons. The minimum absolute atomic E-state index is 0.100. The summed E-state index contributed by atoms with van der Waals surface area (Å²) in [7, 11) is -0.896. The third-order valence-corrected chi connectivity index (χ3v) is 5.16. The number of halogens is 1. The van der Waals surface area contributed by atoms with Gasteiger partial charge in [0.2, 0.25) is 0 Å². The molecule has 0 unspecified atom stereocenters. The summed E-state index contributed by atoms with van der Waals surface area (Å²) in [5, 5.41) is 0.846. The van der Waals surface area contributed by atoms with Gasteiger partial charge in [-0.3, -0.25) is 4.21 Å². The van der Waals surface area contributed by atoms with Crippen molar-refractivity contribution in [1.29, 1.82) is 0 Å². The van der Waals surface area contributed by atoms with Crippen LogP contribution >= 0.6 is 11.6 Å². The molecule has 1 heterocycles. The molecule has 1 saturated heterocycles. The van der Waals surface area contributed by atoms with Crippen LogP contribution in [0.5, 0.6) is 0 Å². The molecule has 0 spiro atoms. The summed E-state index contributed by atoms with van der Waals surface area (Å²) >= 11 is 6.05. The van der Waals surface area contributed by atoms with Gasteiger partial charge in [0, 0.05) is 22.4 Å². The molecule has 4 heteroatoms. The van der Waals surface area contributed by atoms with Crippen LogP contribution in [0.2, 0.25) is 5.02 Å². The van der Waals surface area contributed by atoms with Crippen LogP contribution in [-0.2, 0) is 21.3 Å². The van der Waals surface area contributed by atoms with Crippen LogP contribution in [0.1, 0.15) is 18.9 Å². The van der Waals surface area contributed by atoms with Crippen molar-refractivity contribution in [2.75, 3.05) is 6.61 Å². The van der Waals surface area contributed by atoms with Crippen molar-refractivity contribution in [2.45, 2.75) is 30.5 Å². The third-order valence-electron chi connectivity index (χ3n) is 2.90. The van der Waals surface area contributed by atoms with Gasteiger partial charge in [0.1, 0.15) is 0 Å². The van der Waals surface area contributed by atoms with Gasteiger partial charge in [0.25, 0.3) is 0 Å². The first-order valence-electron chi connectivity index (χ1n) is 5.40. The lowest BCUT2D eigenvalue weighted by molar-refractivity contribution is 0.127.